The molecule has 23 heavy (non-hydrogen) atoms. The van der Waals surface area contributed by atoms with Crippen LogP contribution in [-0.4, -0.2) is 41.9 Å². The number of halogens is 2. The molecule has 0 saturated carbocycles. The second kappa shape index (κ2) is 7.23. The molecule has 1 aliphatic rings. The maximum atomic E-state index is 13.9. The molecule has 0 atom stereocenters. The van der Waals surface area contributed by atoms with Crippen molar-refractivity contribution in [3.8, 4) is 0 Å². The van der Waals surface area contributed by atoms with Crippen molar-refractivity contribution in [1.82, 2.24) is 9.80 Å². The summed E-state index contributed by atoms with van der Waals surface area (Å²) < 4.78 is 14.7. The SMILES string of the molecule is O=C(c1ccccc1)N1CCN(Cc2ccc(Br)cc2F)CC1. The smallest absolute Gasteiger partial charge is 0.253 e. The predicted molar refractivity (Wildman–Crippen MR) is 91.7 cm³/mol. The number of hydrogen-bond donors (Lipinski definition) is 0. The van der Waals surface area contributed by atoms with Gasteiger partial charge < -0.3 is 4.90 Å². The summed E-state index contributed by atoms with van der Waals surface area (Å²) in [6.07, 6.45) is 0. The zero-order chi connectivity index (χ0) is 16.2. The molecular formula is C18H18BrFN2O. The van der Waals surface area contributed by atoms with Gasteiger partial charge in [0.15, 0.2) is 0 Å². The van der Waals surface area contributed by atoms with E-state index in [1.807, 2.05) is 41.3 Å². The highest BCUT2D eigenvalue weighted by Gasteiger charge is 2.22. The van der Waals surface area contributed by atoms with Crippen LogP contribution < -0.4 is 0 Å². The first kappa shape index (κ1) is 16.1. The zero-order valence-corrected chi connectivity index (χ0v) is 14.3. The average molecular weight is 377 g/mol. The fourth-order valence-corrected chi connectivity index (χ4v) is 3.10. The number of benzene rings is 2. The highest BCUT2D eigenvalue weighted by Crippen LogP contribution is 2.18. The third-order valence-electron chi connectivity index (χ3n) is 4.09. The number of carbonyl (C=O) groups excluding carboxylic acids is 1. The zero-order valence-electron chi connectivity index (χ0n) is 12.7. The molecule has 5 heteroatoms. The summed E-state index contributed by atoms with van der Waals surface area (Å²) in [6, 6.07) is 14.5. The van der Waals surface area contributed by atoms with Crippen LogP contribution in [0.4, 0.5) is 4.39 Å². The van der Waals surface area contributed by atoms with E-state index in [-0.39, 0.29) is 11.7 Å². The maximum Gasteiger partial charge on any atom is 0.253 e. The van der Waals surface area contributed by atoms with E-state index in [0.717, 1.165) is 23.1 Å². The van der Waals surface area contributed by atoms with Gasteiger partial charge in [0.25, 0.3) is 5.91 Å². The molecule has 1 amide bonds. The number of nitrogens with zero attached hydrogens (tertiary/aromatic N) is 2. The van der Waals surface area contributed by atoms with E-state index in [9.17, 15) is 9.18 Å². The first-order valence-electron chi connectivity index (χ1n) is 7.64. The Morgan fingerprint density at radius 3 is 2.39 bits per heavy atom. The van der Waals surface area contributed by atoms with Crippen LogP contribution in [0, 0.1) is 5.82 Å². The summed E-state index contributed by atoms with van der Waals surface area (Å²) in [5.74, 6) is -0.123. The van der Waals surface area contributed by atoms with Gasteiger partial charge in [0.2, 0.25) is 0 Å². The first-order chi connectivity index (χ1) is 11.1. The molecule has 0 aromatic heterocycles. The number of rotatable bonds is 3. The second-order valence-corrected chi connectivity index (χ2v) is 6.59. The Labute approximate surface area is 143 Å². The van der Waals surface area contributed by atoms with Gasteiger partial charge in [-0.05, 0) is 24.3 Å². The molecule has 2 aromatic carbocycles. The summed E-state index contributed by atoms with van der Waals surface area (Å²) in [5.41, 5.74) is 1.41. The minimum absolute atomic E-state index is 0.0695. The molecule has 0 radical (unpaired) electrons. The minimum atomic E-state index is -0.192. The Morgan fingerprint density at radius 1 is 1.04 bits per heavy atom. The van der Waals surface area contributed by atoms with E-state index in [1.165, 1.54) is 6.07 Å². The monoisotopic (exact) mass is 376 g/mol. The van der Waals surface area contributed by atoms with Crippen LogP contribution in [0.15, 0.2) is 53.0 Å². The largest absolute Gasteiger partial charge is 0.336 e. The molecular weight excluding hydrogens is 359 g/mol. The quantitative estimate of drug-likeness (QED) is 0.817. The van der Waals surface area contributed by atoms with Crippen molar-refractivity contribution >= 4 is 21.8 Å². The van der Waals surface area contributed by atoms with Gasteiger partial charge in [0.05, 0.1) is 0 Å². The molecule has 0 aliphatic carbocycles. The van der Waals surface area contributed by atoms with E-state index in [4.69, 9.17) is 0 Å². The number of hydrogen-bond acceptors (Lipinski definition) is 2. The van der Waals surface area contributed by atoms with Crippen molar-refractivity contribution in [2.45, 2.75) is 6.54 Å². The average Bonchev–Trinajstić information content (AvgIpc) is 2.58. The number of piperazine rings is 1. The summed E-state index contributed by atoms with van der Waals surface area (Å²) in [4.78, 5) is 16.4. The molecule has 1 fully saturated rings. The fourth-order valence-electron chi connectivity index (χ4n) is 2.76. The lowest BCUT2D eigenvalue weighted by Gasteiger charge is -2.34. The maximum absolute atomic E-state index is 13.9. The van der Waals surface area contributed by atoms with Gasteiger partial charge in [0, 0.05) is 48.3 Å². The van der Waals surface area contributed by atoms with Crippen LogP contribution in [0.1, 0.15) is 15.9 Å². The molecule has 0 spiro atoms. The Kier molecular flexibility index (Phi) is 5.08. The van der Waals surface area contributed by atoms with Crippen LogP contribution in [0.3, 0.4) is 0 Å². The van der Waals surface area contributed by atoms with Gasteiger partial charge in [-0.3, -0.25) is 9.69 Å². The summed E-state index contributed by atoms with van der Waals surface area (Å²) in [6.45, 7) is 3.44. The fraction of sp³-hybridized carbons (Fsp3) is 0.278. The number of carbonyl (C=O) groups is 1. The lowest BCUT2D eigenvalue weighted by Crippen LogP contribution is -2.48. The van der Waals surface area contributed by atoms with Crippen LogP contribution in [0.2, 0.25) is 0 Å². The van der Waals surface area contributed by atoms with Crippen molar-refractivity contribution < 1.29 is 9.18 Å². The molecule has 0 bridgehead atoms. The van der Waals surface area contributed by atoms with E-state index in [1.54, 1.807) is 6.07 Å². The minimum Gasteiger partial charge on any atom is -0.336 e. The summed E-state index contributed by atoms with van der Waals surface area (Å²) in [7, 11) is 0. The standard InChI is InChI=1S/C18H18BrFN2O/c19-16-7-6-15(17(20)12-16)13-21-8-10-22(11-9-21)18(23)14-4-2-1-3-5-14/h1-7,12H,8-11,13H2. The third kappa shape index (κ3) is 3.98. The molecule has 1 saturated heterocycles. The Balaban J connectivity index is 1.57. The number of amides is 1. The second-order valence-electron chi connectivity index (χ2n) is 5.67. The summed E-state index contributed by atoms with van der Waals surface area (Å²) in [5, 5.41) is 0. The van der Waals surface area contributed by atoms with Crippen LogP contribution in [0.25, 0.3) is 0 Å². The van der Waals surface area contributed by atoms with Gasteiger partial charge in [-0.15, -0.1) is 0 Å². The van der Waals surface area contributed by atoms with Crippen LogP contribution in [-0.2, 0) is 6.54 Å². The van der Waals surface area contributed by atoms with Crippen molar-refractivity contribution in [2.24, 2.45) is 0 Å². The summed E-state index contributed by atoms with van der Waals surface area (Å²) >= 11 is 3.27. The lowest BCUT2D eigenvalue weighted by atomic mass is 10.1. The molecule has 0 unspecified atom stereocenters. The Bertz CT molecular complexity index is 685. The van der Waals surface area contributed by atoms with Crippen molar-refractivity contribution in [3.05, 3.63) is 69.9 Å². The van der Waals surface area contributed by atoms with Crippen molar-refractivity contribution in [1.29, 1.82) is 0 Å². The third-order valence-corrected chi connectivity index (χ3v) is 4.58. The van der Waals surface area contributed by atoms with Crippen molar-refractivity contribution in [3.63, 3.8) is 0 Å². The van der Waals surface area contributed by atoms with Gasteiger partial charge in [-0.1, -0.05) is 40.2 Å². The van der Waals surface area contributed by atoms with Gasteiger partial charge in [-0.2, -0.15) is 0 Å². The lowest BCUT2D eigenvalue weighted by molar-refractivity contribution is 0.0627. The Morgan fingerprint density at radius 2 is 1.74 bits per heavy atom. The van der Waals surface area contributed by atoms with Crippen LogP contribution >= 0.6 is 15.9 Å². The molecule has 3 nitrogen and oxygen atoms in total. The molecule has 1 heterocycles. The molecule has 2 aromatic rings. The first-order valence-corrected chi connectivity index (χ1v) is 8.43. The van der Waals surface area contributed by atoms with E-state index in [2.05, 4.69) is 20.8 Å². The van der Waals surface area contributed by atoms with E-state index < -0.39 is 0 Å². The molecule has 0 N–H and O–H groups in total. The van der Waals surface area contributed by atoms with Gasteiger partial charge >= 0.3 is 0 Å². The predicted octanol–water partition coefficient (Wildman–Crippen LogP) is 3.55. The van der Waals surface area contributed by atoms with E-state index >= 15 is 0 Å². The van der Waals surface area contributed by atoms with E-state index in [0.29, 0.717) is 25.2 Å². The highest BCUT2D eigenvalue weighted by atomic mass is 79.9. The molecule has 1 aliphatic heterocycles. The normalized spacial score (nSPS) is 15.7. The van der Waals surface area contributed by atoms with Crippen molar-refractivity contribution in [2.75, 3.05) is 26.2 Å². The molecule has 120 valence electrons. The molecule has 3 rings (SSSR count). The van der Waals surface area contributed by atoms with Gasteiger partial charge in [-0.25, -0.2) is 4.39 Å². The van der Waals surface area contributed by atoms with Crippen LogP contribution in [0.5, 0.6) is 0 Å². The topological polar surface area (TPSA) is 23.6 Å². The van der Waals surface area contributed by atoms with Gasteiger partial charge in [0.1, 0.15) is 5.82 Å². The highest BCUT2D eigenvalue weighted by molar-refractivity contribution is 9.10. The Hall–Kier alpha value is -1.72.